The maximum Gasteiger partial charge on any atom is 0.161 e. The van der Waals surface area contributed by atoms with E-state index in [9.17, 15) is 0 Å². The number of hydrogen-bond acceptors (Lipinski definition) is 6. The number of aryl methyl sites for hydroxylation is 1. The molecule has 0 radical (unpaired) electrons. The molecule has 1 N–H and O–H groups in total. The fourth-order valence-corrected chi connectivity index (χ4v) is 3.30. The molecule has 6 heteroatoms. The number of hydrogen-bond donors (Lipinski definition) is 1. The molecule has 0 bridgehead atoms. The van der Waals surface area contributed by atoms with Crippen molar-refractivity contribution in [2.24, 2.45) is 0 Å². The van der Waals surface area contributed by atoms with E-state index in [2.05, 4.69) is 35.2 Å². The average Bonchev–Trinajstić information content (AvgIpc) is 2.99. The largest absolute Gasteiger partial charge is 0.493 e. The number of benzene rings is 1. The van der Waals surface area contributed by atoms with E-state index in [1.165, 1.54) is 4.88 Å². The first-order valence-electron chi connectivity index (χ1n) is 7.96. The second kappa shape index (κ2) is 7.49. The van der Waals surface area contributed by atoms with Crippen LogP contribution in [0.1, 0.15) is 23.8 Å². The van der Waals surface area contributed by atoms with Gasteiger partial charge in [-0.2, -0.15) is 0 Å². The van der Waals surface area contributed by atoms with Crippen LogP contribution in [0.2, 0.25) is 0 Å². The van der Waals surface area contributed by atoms with E-state index in [-0.39, 0.29) is 0 Å². The van der Waals surface area contributed by atoms with Gasteiger partial charge in [-0.25, -0.2) is 9.97 Å². The Morgan fingerprint density at radius 2 is 2.04 bits per heavy atom. The lowest BCUT2D eigenvalue weighted by Crippen LogP contribution is -2.03. The van der Waals surface area contributed by atoms with Gasteiger partial charge in [0.1, 0.15) is 17.0 Å². The summed E-state index contributed by atoms with van der Waals surface area (Å²) in [5.41, 5.74) is 1.11. The Labute approximate surface area is 145 Å². The molecule has 0 amide bonds. The zero-order valence-corrected chi connectivity index (χ0v) is 14.9. The van der Waals surface area contributed by atoms with Gasteiger partial charge in [0.05, 0.1) is 19.1 Å². The molecular weight excluding hydrogens is 322 g/mol. The standard InChI is InChI=1S/C18H21N3O2S/c1-4-7-23-15-6-5-13(9-16(15)22-3)10-19-17-14-8-12(2)24-18(14)21-11-20-17/h5-6,8-9,11H,4,7,10H2,1-3H3,(H,19,20,21). The van der Waals surface area contributed by atoms with Crippen LogP contribution >= 0.6 is 11.3 Å². The number of fused-ring (bicyclic) bond motifs is 1. The Hall–Kier alpha value is -2.34. The van der Waals surface area contributed by atoms with Crippen molar-refractivity contribution in [3.63, 3.8) is 0 Å². The maximum atomic E-state index is 5.69. The summed E-state index contributed by atoms with van der Waals surface area (Å²) in [6, 6.07) is 8.10. The van der Waals surface area contributed by atoms with E-state index in [4.69, 9.17) is 9.47 Å². The summed E-state index contributed by atoms with van der Waals surface area (Å²) in [5.74, 6) is 2.39. The van der Waals surface area contributed by atoms with Crippen LogP contribution in [0.4, 0.5) is 5.82 Å². The summed E-state index contributed by atoms with van der Waals surface area (Å²) in [7, 11) is 1.66. The molecule has 2 heterocycles. The van der Waals surface area contributed by atoms with Crippen molar-refractivity contribution in [2.45, 2.75) is 26.8 Å². The number of thiophene rings is 1. The third kappa shape index (κ3) is 3.59. The summed E-state index contributed by atoms with van der Waals surface area (Å²) in [6.45, 7) is 5.51. The predicted octanol–water partition coefficient (Wildman–Crippen LogP) is 4.41. The van der Waals surface area contributed by atoms with Crippen molar-refractivity contribution >= 4 is 27.4 Å². The normalized spacial score (nSPS) is 10.8. The minimum absolute atomic E-state index is 0.658. The molecule has 0 unspecified atom stereocenters. The molecule has 3 rings (SSSR count). The zero-order chi connectivity index (χ0) is 16.9. The Kier molecular flexibility index (Phi) is 5.15. The van der Waals surface area contributed by atoms with E-state index >= 15 is 0 Å². The van der Waals surface area contributed by atoms with E-state index < -0.39 is 0 Å². The molecule has 24 heavy (non-hydrogen) atoms. The highest BCUT2D eigenvalue weighted by Gasteiger charge is 2.09. The monoisotopic (exact) mass is 343 g/mol. The number of anilines is 1. The topological polar surface area (TPSA) is 56.3 Å². The minimum Gasteiger partial charge on any atom is -0.493 e. The Bertz CT molecular complexity index is 832. The highest BCUT2D eigenvalue weighted by Crippen LogP contribution is 2.30. The first-order chi connectivity index (χ1) is 11.7. The number of rotatable bonds is 7. The van der Waals surface area contributed by atoms with E-state index in [0.29, 0.717) is 13.2 Å². The van der Waals surface area contributed by atoms with Gasteiger partial charge in [0.2, 0.25) is 0 Å². The molecule has 126 valence electrons. The quantitative estimate of drug-likeness (QED) is 0.689. The van der Waals surface area contributed by atoms with Crippen LogP contribution in [0, 0.1) is 6.92 Å². The molecule has 5 nitrogen and oxygen atoms in total. The van der Waals surface area contributed by atoms with Crippen LogP contribution in [0.25, 0.3) is 10.2 Å². The van der Waals surface area contributed by atoms with Gasteiger partial charge < -0.3 is 14.8 Å². The smallest absolute Gasteiger partial charge is 0.161 e. The molecule has 0 saturated heterocycles. The fourth-order valence-electron chi connectivity index (χ4n) is 2.46. The lowest BCUT2D eigenvalue weighted by molar-refractivity contribution is 0.294. The molecule has 0 saturated carbocycles. The number of ether oxygens (including phenoxy) is 2. The average molecular weight is 343 g/mol. The summed E-state index contributed by atoms with van der Waals surface area (Å²) in [5, 5.41) is 4.46. The van der Waals surface area contributed by atoms with Crippen LogP contribution in [0.5, 0.6) is 11.5 Å². The van der Waals surface area contributed by atoms with Crippen molar-refractivity contribution < 1.29 is 9.47 Å². The predicted molar refractivity (Wildman–Crippen MR) is 98.3 cm³/mol. The van der Waals surface area contributed by atoms with E-state index in [1.807, 2.05) is 18.2 Å². The van der Waals surface area contributed by atoms with Crippen molar-refractivity contribution in [1.82, 2.24) is 9.97 Å². The number of methoxy groups -OCH3 is 1. The molecule has 0 fully saturated rings. The van der Waals surface area contributed by atoms with Crippen LogP contribution in [0.15, 0.2) is 30.6 Å². The van der Waals surface area contributed by atoms with Crippen molar-refractivity contribution in [3.05, 3.63) is 41.0 Å². The van der Waals surface area contributed by atoms with Crippen molar-refractivity contribution in [1.29, 1.82) is 0 Å². The Morgan fingerprint density at radius 3 is 2.83 bits per heavy atom. The van der Waals surface area contributed by atoms with Crippen LogP contribution in [0.3, 0.4) is 0 Å². The summed E-state index contributed by atoms with van der Waals surface area (Å²) in [6.07, 6.45) is 2.57. The number of nitrogens with one attached hydrogen (secondary N) is 1. The van der Waals surface area contributed by atoms with Gasteiger partial charge in [0.25, 0.3) is 0 Å². The molecule has 1 aromatic carbocycles. The third-order valence-electron chi connectivity index (χ3n) is 3.60. The molecule has 0 aliphatic rings. The summed E-state index contributed by atoms with van der Waals surface area (Å²) < 4.78 is 11.1. The number of nitrogens with zero attached hydrogens (tertiary/aromatic N) is 2. The van der Waals surface area contributed by atoms with E-state index in [1.54, 1.807) is 24.8 Å². The molecule has 3 aromatic rings. The minimum atomic E-state index is 0.658. The van der Waals surface area contributed by atoms with Crippen molar-refractivity contribution in [2.75, 3.05) is 19.0 Å². The molecular formula is C18H21N3O2S. The van der Waals surface area contributed by atoms with Crippen LogP contribution in [-0.4, -0.2) is 23.7 Å². The van der Waals surface area contributed by atoms with Crippen LogP contribution < -0.4 is 14.8 Å². The number of aromatic nitrogens is 2. The van der Waals surface area contributed by atoms with Crippen molar-refractivity contribution in [3.8, 4) is 11.5 Å². The molecule has 0 aliphatic heterocycles. The third-order valence-corrected chi connectivity index (χ3v) is 4.56. The summed E-state index contributed by atoms with van der Waals surface area (Å²) >= 11 is 1.68. The van der Waals surface area contributed by atoms with Gasteiger partial charge in [-0.3, -0.25) is 0 Å². The summed E-state index contributed by atoms with van der Waals surface area (Å²) in [4.78, 5) is 10.9. The van der Waals surface area contributed by atoms with Gasteiger partial charge in [0, 0.05) is 11.4 Å². The van der Waals surface area contributed by atoms with E-state index in [0.717, 1.165) is 39.5 Å². The second-order valence-electron chi connectivity index (χ2n) is 5.49. The molecule has 0 atom stereocenters. The van der Waals surface area contributed by atoms with Gasteiger partial charge >= 0.3 is 0 Å². The highest BCUT2D eigenvalue weighted by molar-refractivity contribution is 7.18. The lowest BCUT2D eigenvalue weighted by Gasteiger charge is -2.12. The van der Waals surface area contributed by atoms with Gasteiger partial charge in [-0.15, -0.1) is 11.3 Å². The lowest BCUT2D eigenvalue weighted by atomic mass is 10.2. The van der Waals surface area contributed by atoms with Crippen LogP contribution in [-0.2, 0) is 6.54 Å². The first-order valence-corrected chi connectivity index (χ1v) is 8.77. The zero-order valence-electron chi connectivity index (χ0n) is 14.1. The Balaban J connectivity index is 1.76. The SMILES string of the molecule is CCCOc1ccc(CNc2ncnc3sc(C)cc23)cc1OC. The highest BCUT2D eigenvalue weighted by atomic mass is 32.1. The van der Waals surface area contributed by atoms with Gasteiger partial charge in [-0.1, -0.05) is 13.0 Å². The van der Waals surface area contributed by atoms with Gasteiger partial charge in [-0.05, 0) is 37.1 Å². The van der Waals surface area contributed by atoms with Gasteiger partial charge in [0.15, 0.2) is 11.5 Å². The second-order valence-corrected chi connectivity index (χ2v) is 6.72. The first kappa shape index (κ1) is 16.5. The Morgan fingerprint density at radius 1 is 1.17 bits per heavy atom. The molecule has 0 aliphatic carbocycles. The fraction of sp³-hybridized carbons (Fsp3) is 0.333. The molecule has 0 spiro atoms. The molecule has 2 aromatic heterocycles. The maximum absolute atomic E-state index is 5.69.